The van der Waals surface area contributed by atoms with Crippen molar-refractivity contribution in [1.29, 1.82) is 0 Å². The van der Waals surface area contributed by atoms with Gasteiger partial charge in [0.25, 0.3) is 0 Å². The summed E-state index contributed by atoms with van der Waals surface area (Å²) in [6.45, 7) is 0. The summed E-state index contributed by atoms with van der Waals surface area (Å²) in [5.74, 6) is 0. The highest BCUT2D eigenvalue weighted by atomic mass is 35.5. The van der Waals surface area contributed by atoms with E-state index in [1.807, 2.05) is 18.2 Å². The van der Waals surface area contributed by atoms with Gasteiger partial charge in [0.1, 0.15) is 0 Å². The Kier molecular flexibility index (Phi) is 3.76. The lowest BCUT2D eigenvalue weighted by Gasteiger charge is -2.47. The van der Waals surface area contributed by atoms with E-state index in [1.165, 1.54) is 12.0 Å². The zero-order chi connectivity index (χ0) is 14.2. The van der Waals surface area contributed by atoms with E-state index in [4.69, 9.17) is 28.9 Å². The van der Waals surface area contributed by atoms with Crippen molar-refractivity contribution in [3.8, 4) is 0 Å². The van der Waals surface area contributed by atoms with Gasteiger partial charge in [-0.2, -0.15) is 0 Å². The Morgan fingerprint density at radius 2 is 1.70 bits per heavy atom. The zero-order valence-corrected chi connectivity index (χ0v) is 12.7. The molecule has 3 rings (SSSR count). The van der Waals surface area contributed by atoms with Crippen LogP contribution in [0.5, 0.6) is 0 Å². The van der Waals surface area contributed by atoms with E-state index in [0.29, 0.717) is 10.0 Å². The molecule has 1 nitrogen and oxygen atoms in total. The van der Waals surface area contributed by atoms with Crippen LogP contribution in [0.1, 0.15) is 36.4 Å². The average Bonchev–Trinajstić information content (AvgIpc) is 2.41. The summed E-state index contributed by atoms with van der Waals surface area (Å²) in [7, 11) is 0. The Bertz CT molecular complexity index is 606. The van der Waals surface area contributed by atoms with E-state index in [-0.39, 0.29) is 11.5 Å². The van der Waals surface area contributed by atoms with Crippen molar-refractivity contribution >= 4 is 23.2 Å². The van der Waals surface area contributed by atoms with Crippen LogP contribution >= 0.6 is 23.2 Å². The summed E-state index contributed by atoms with van der Waals surface area (Å²) in [5.41, 5.74) is 8.84. The smallest absolute Gasteiger partial charge is 0.0455 e. The Hall–Kier alpha value is -1.02. The van der Waals surface area contributed by atoms with Gasteiger partial charge in [0.2, 0.25) is 0 Å². The molecule has 2 N–H and O–H groups in total. The third-order valence-electron chi connectivity index (χ3n) is 4.48. The Morgan fingerprint density at radius 3 is 2.30 bits per heavy atom. The molecule has 0 spiro atoms. The number of benzene rings is 2. The molecular formula is C17H17Cl2N. The average molecular weight is 306 g/mol. The minimum absolute atomic E-state index is 0.00438. The van der Waals surface area contributed by atoms with Crippen LogP contribution in [-0.4, -0.2) is 0 Å². The SMILES string of the molecule is NC(c1cc(Cl)ccc1Cl)C1(c2ccccc2)CCC1. The highest BCUT2D eigenvalue weighted by Crippen LogP contribution is 2.52. The predicted octanol–water partition coefficient (Wildman–Crippen LogP) is 5.12. The number of hydrogen-bond donors (Lipinski definition) is 1. The maximum absolute atomic E-state index is 6.59. The van der Waals surface area contributed by atoms with Crippen molar-refractivity contribution in [2.75, 3.05) is 0 Å². The minimum Gasteiger partial charge on any atom is -0.323 e. The van der Waals surface area contributed by atoms with Crippen molar-refractivity contribution in [3.63, 3.8) is 0 Å². The first-order valence-electron chi connectivity index (χ1n) is 6.89. The monoisotopic (exact) mass is 305 g/mol. The highest BCUT2D eigenvalue weighted by molar-refractivity contribution is 6.33. The van der Waals surface area contributed by atoms with Crippen molar-refractivity contribution in [2.45, 2.75) is 30.7 Å². The van der Waals surface area contributed by atoms with E-state index < -0.39 is 0 Å². The van der Waals surface area contributed by atoms with Crippen LogP contribution < -0.4 is 5.73 Å². The molecule has 0 aliphatic heterocycles. The topological polar surface area (TPSA) is 26.0 Å². The fraction of sp³-hybridized carbons (Fsp3) is 0.294. The molecule has 104 valence electrons. The quantitative estimate of drug-likeness (QED) is 0.837. The van der Waals surface area contributed by atoms with Crippen LogP contribution in [0.4, 0.5) is 0 Å². The molecule has 0 radical (unpaired) electrons. The standard InChI is InChI=1S/C17H17Cl2N/c18-13-7-8-15(19)14(11-13)16(20)17(9-4-10-17)12-5-2-1-3-6-12/h1-3,5-8,11,16H,4,9-10,20H2. The third kappa shape index (κ3) is 2.24. The first-order chi connectivity index (χ1) is 9.63. The summed E-state index contributed by atoms with van der Waals surface area (Å²) in [5, 5.41) is 1.38. The fourth-order valence-electron chi connectivity index (χ4n) is 3.16. The lowest BCUT2D eigenvalue weighted by atomic mass is 9.59. The van der Waals surface area contributed by atoms with Gasteiger partial charge in [0.15, 0.2) is 0 Å². The van der Waals surface area contributed by atoms with Gasteiger partial charge in [-0.15, -0.1) is 0 Å². The molecule has 1 atom stereocenters. The van der Waals surface area contributed by atoms with Crippen molar-refractivity contribution < 1.29 is 0 Å². The maximum atomic E-state index is 6.59. The normalized spacial score (nSPS) is 18.4. The summed E-state index contributed by atoms with van der Waals surface area (Å²) < 4.78 is 0. The van der Waals surface area contributed by atoms with Crippen LogP contribution in [0, 0.1) is 0 Å². The molecule has 1 unspecified atom stereocenters. The summed E-state index contributed by atoms with van der Waals surface area (Å²) in [6, 6.07) is 15.9. The van der Waals surface area contributed by atoms with Crippen LogP contribution in [0.3, 0.4) is 0 Å². The molecule has 1 aliphatic carbocycles. The van der Waals surface area contributed by atoms with Crippen molar-refractivity contribution in [1.82, 2.24) is 0 Å². The van der Waals surface area contributed by atoms with E-state index in [2.05, 4.69) is 24.3 Å². The molecular weight excluding hydrogens is 289 g/mol. The van der Waals surface area contributed by atoms with Gasteiger partial charge < -0.3 is 5.73 Å². The van der Waals surface area contributed by atoms with Crippen LogP contribution in [0.2, 0.25) is 10.0 Å². The first-order valence-corrected chi connectivity index (χ1v) is 7.65. The lowest BCUT2D eigenvalue weighted by Crippen LogP contribution is -2.44. The van der Waals surface area contributed by atoms with Gasteiger partial charge in [-0.1, -0.05) is 60.0 Å². The molecule has 20 heavy (non-hydrogen) atoms. The largest absolute Gasteiger partial charge is 0.323 e. The third-order valence-corrected chi connectivity index (χ3v) is 5.06. The summed E-state index contributed by atoms with van der Waals surface area (Å²) in [6.07, 6.45) is 3.41. The highest BCUT2D eigenvalue weighted by Gasteiger charge is 2.44. The molecule has 0 bridgehead atoms. The van der Waals surface area contributed by atoms with Gasteiger partial charge in [0, 0.05) is 21.5 Å². The number of hydrogen-bond acceptors (Lipinski definition) is 1. The lowest BCUT2D eigenvalue weighted by molar-refractivity contribution is 0.196. The van der Waals surface area contributed by atoms with E-state index in [0.717, 1.165) is 18.4 Å². The van der Waals surface area contributed by atoms with Crippen molar-refractivity contribution in [2.24, 2.45) is 5.73 Å². The van der Waals surface area contributed by atoms with Crippen LogP contribution in [0.15, 0.2) is 48.5 Å². The number of halogens is 2. The van der Waals surface area contributed by atoms with Crippen molar-refractivity contribution in [3.05, 3.63) is 69.7 Å². The Labute approximate surface area is 129 Å². The molecule has 2 aromatic carbocycles. The van der Waals surface area contributed by atoms with E-state index >= 15 is 0 Å². The fourth-order valence-corrected chi connectivity index (χ4v) is 3.57. The summed E-state index contributed by atoms with van der Waals surface area (Å²) in [4.78, 5) is 0. The number of nitrogens with two attached hydrogens (primary N) is 1. The second-order valence-corrected chi connectivity index (χ2v) is 6.36. The molecule has 1 saturated carbocycles. The Morgan fingerprint density at radius 1 is 1.00 bits per heavy atom. The second kappa shape index (κ2) is 5.40. The maximum Gasteiger partial charge on any atom is 0.0455 e. The van der Waals surface area contributed by atoms with Crippen LogP contribution in [0.25, 0.3) is 0 Å². The Balaban J connectivity index is 2.03. The van der Waals surface area contributed by atoms with Gasteiger partial charge in [-0.3, -0.25) is 0 Å². The summed E-state index contributed by atoms with van der Waals surface area (Å²) >= 11 is 12.4. The predicted molar refractivity (Wildman–Crippen MR) is 85.4 cm³/mol. The molecule has 0 amide bonds. The van der Waals surface area contributed by atoms with Gasteiger partial charge in [-0.25, -0.2) is 0 Å². The van der Waals surface area contributed by atoms with E-state index in [9.17, 15) is 0 Å². The second-order valence-electron chi connectivity index (χ2n) is 5.52. The molecule has 3 heteroatoms. The van der Waals surface area contributed by atoms with Gasteiger partial charge in [-0.05, 0) is 42.2 Å². The molecule has 2 aromatic rings. The molecule has 1 aliphatic rings. The number of rotatable bonds is 3. The zero-order valence-electron chi connectivity index (χ0n) is 11.2. The van der Waals surface area contributed by atoms with E-state index in [1.54, 1.807) is 6.07 Å². The molecule has 0 aromatic heterocycles. The van der Waals surface area contributed by atoms with Gasteiger partial charge >= 0.3 is 0 Å². The van der Waals surface area contributed by atoms with Crippen LogP contribution in [-0.2, 0) is 5.41 Å². The molecule has 1 fully saturated rings. The molecule has 0 heterocycles. The molecule has 0 saturated heterocycles. The first kappa shape index (κ1) is 13.9. The minimum atomic E-state index is -0.121. The van der Waals surface area contributed by atoms with Gasteiger partial charge in [0.05, 0.1) is 0 Å².